The summed E-state index contributed by atoms with van der Waals surface area (Å²) in [6, 6.07) is 0. The third-order valence-corrected chi connectivity index (χ3v) is 1.16. The molecule has 0 amide bonds. The summed E-state index contributed by atoms with van der Waals surface area (Å²) in [6.45, 7) is 0.790. The summed E-state index contributed by atoms with van der Waals surface area (Å²) >= 11 is 0. The number of carbonyl (C=O) groups excluding carboxylic acids is 1. The van der Waals surface area contributed by atoms with Crippen LogP contribution in [0.25, 0.3) is 0 Å². The lowest BCUT2D eigenvalue weighted by Gasteiger charge is -1.96. The summed E-state index contributed by atoms with van der Waals surface area (Å²) in [7, 11) is 0. The molecule has 0 N–H and O–H groups in total. The molecule has 0 fully saturated rings. The maximum atomic E-state index is 9.74. The average Bonchev–Trinajstić information content (AvgIpc) is 2.07. The largest absolute Gasteiger partial charge is 0.467 e. The standard InChI is InChI=1S/C7H8N2O2/c10-6-11-4-1-7-5-8-2-3-9-7/h2-3,5-6H,1,4H2. The van der Waals surface area contributed by atoms with Crippen molar-refractivity contribution < 1.29 is 9.53 Å². The maximum Gasteiger partial charge on any atom is 0.293 e. The molecule has 1 aromatic rings. The van der Waals surface area contributed by atoms with Crippen molar-refractivity contribution >= 4 is 6.47 Å². The Labute approximate surface area is 64.2 Å². The molecule has 0 aliphatic carbocycles. The van der Waals surface area contributed by atoms with Crippen LogP contribution in [0.1, 0.15) is 5.69 Å². The molecular formula is C7H8N2O2. The summed E-state index contributed by atoms with van der Waals surface area (Å²) in [5.41, 5.74) is 0.828. The highest BCUT2D eigenvalue weighted by atomic mass is 16.5. The Morgan fingerprint density at radius 1 is 1.55 bits per heavy atom. The molecule has 1 aromatic heterocycles. The Kier molecular flexibility index (Phi) is 3.05. The molecule has 0 aliphatic heterocycles. The molecule has 58 valence electrons. The quantitative estimate of drug-likeness (QED) is 0.456. The van der Waals surface area contributed by atoms with Gasteiger partial charge in [-0.05, 0) is 0 Å². The van der Waals surface area contributed by atoms with E-state index in [1.165, 1.54) is 0 Å². The number of rotatable bonds is 4. The summed E-state index contributed by atoms with van der Waals surface area (Å²) in [6.07, 6.45) is 5.47. The van der Waals surface area contributed by atoms with E-state index < -0.39 is 0 Å². The summed E-state index contributed by atoms with van der Waals surface area (Å²) < 4.78 is 4.49. The molecule has 11 heavy (non-hydrogen) atoms. The van der Waals surface area contributed by atoms with Gasteiger partial charge in [0.05, 0.1) is 12.3 Å². The monoisotopic (exact) mass is 152 g/mol. The summed E-state index contributed by atoms with van der Waals surface area (Å²) in [5.74, 6) is 0. The zero-order valence-corrected chi connectivity index (χ0v) is 5.93. The van der Waals surface area contributed by atoms with Gasteiger partial charge in [0.25, 0.3) is 6.47 Å². The second kappa shape index (κ2) is 4.38. The topological polar surface area (TPSA) is 52.1 Å². The number of hydrogen-bond donors (Lipinski definition) is 0. The van der Waals surface area contributed by atoms with Crippen molar-refractivity contribution in [1.29, 1.82) is 0 Å². The van der Waals surface area contributed by atoms with E-state index >= 15 is 0 Å². The lowest BCUT2D eigenvalue weighted by molar-refractivity contribution is -0.128. The fourth-order valence-electron chi connectivity index (χ4n) is 0.671. The van der Waals surface area contributed by atoms with Crippen molar-refractivity contribution in [3.8, 4) is 0 Å². The minimum atomic E-state index is 0.363. The lowest BCUT2D eigenvalue weighted by atomic mass is 10.3. The smallest absolute Gasteiger partial charge is 0.293 e. The van der Waals surface area contributed by atoms with Gasteiger partial charge in [-0.25, -0.2) is 0 Å². The molecular weight excluding hydrogens is 144 g/mol. The van der Waals surface area contributed by atoms with Crippen molar-refractivity contribution in [3.63, 3.8) is 0 Å². The highest BCUT2D eigenvalue weighted by Crippen LogP contribution is 1.90. The van der Waals surface area contributed by atoms with Gasteiger partial charge in [-0.2, -0.15) is 0 Å². The first-order valence-corrected chi connectivity index (χ1v) is 3.23. The summed E-state index contributed by atoms with van der Waals surface area (Å²) in [5, 5.41) is 0. The highest BCUT2D eigenvalue weighted by Gasteiger charge is 1.91. The average molecular weight is 152 g/mol. The van der Waals surface area contributed by atoms with Gasteiger partial charge in [0, 0.05) is 25.0 Å². The molecule has 0 unspecified atom stereocenters. The first-order valence-electron chi connectivity index (χ1n) is 3.23. The fraction of sp³-hybridized carbons (Fsp3) is 0.286. The van der Waals surface area contributed by atoms with Crippen LogP contribution in [0.3, 0.4) is 0 Å². The van der Waals surface area contributed by atoms with Crippen LogP contribution in [0.15, 0.2) is 18.6 Å². The van der Waals surface area contributed by atoms with E-state index in [0.717, 1.165) is 5.69 Å². The van der Waals surface area contributed by atoms with E-state index in [1.807, 2.05) is 0 Å². The van der Waals surface area contributed by atoms with Crippen molar-refractivity contribution in [2.75, 3.05) is 6.61 Å². The first kappa shape index (κ1) is 7.65. The zero-order chi connectivity index (χ0) is 7.94. The van der Waals surface area contributed by atoms with Crippen LogP contribution in [-0.2, 0) is 16.0 Å². The minimum Gasteiger partial charge on any atom is -0.467 e. The van der Waals surface area contributed by atoms with Gasteiger partial charge < -0.3 is 4.74 Å². The summed E-state index contributed by atoms with van der Waals surface area (Å²) in [4.78, 5) is 17.6. The van der Waals surface area contributed by atoms with Crippen LogP contribution >= 0.6 is 0 Å². The first-order chi connectivity index (χ1) is 5.43. The normalized spacial score (nSPS) is 9.09. The third-order valence-electron chi connectivity index (χ3n) is 1.16. The molecule has 0 aromatic carbocycles. The number of hydrogen-bond acceptors (Lipinski definition) is 4. The van der Waals surface area contributed by atoms with Crippen molar-refractivity contribution in [3.05, 3.63) is 24.3 Å². The Morgan fingerprint density at radius 2 is 2.45 bits per heavy atom. The fourth-order valence-corrected chi connectivity index (χ4v) is 0.671. The van der Waals surface area contributed by atoms with E-state index in [0.29, 0.717) is 19.5 Å². The van der Waals surface area contributed by atoms with Gasteiger partial charge in [-0.1, -0.05) is 0 Å². The van der Waals surface area contributed by atoms with E-state index in [2.05, 4.69) is 14.7 Å². The van der Waals surface area contributed by atoms with Gasteiger partial charge in [0.15, 0.2) is 0 Å². The Morgan fingerprint density at radius 3 is 3.09 bits per heavy atom. The number of carbonyl (C=O) groups is 1. The number of aromatic nitrogens is 2. The number of nitrogens with zero attached hydrogens (tertiary/aromatic N) is 2. The molecule has 4 heteroatoms. The number of ether oxygens (including phenoxy) is 1. The van der Waals surface area contributed by atoms with Crippen LogP contribution in [0.2, 0.25) is 0 Å². The minimum absolute atomic E-state index is 0.363. The van der Waals surface area contributed by atoms with Gasteiger partial charge in [0.1, 0.15) is 0 Å². The lowest BCUT2D eigenvalue weighted by Crippen LogP contribution is -1.98. The Hall–Kier alpha value is -1.45. The Balaban J connectivity index is 2.33. The van der Waals surface area contributed by atoms with Crippen LogP contribution in [0, 0.1) is 0 Å². The van der Waals surface area contributed by atoms with Crippen LogP contribution < -0.4 is 0 Å². The second-order valence-electron chi connectivity index (χ2n) is 1.91. The highest BCUT2D eigenvalue weighted by molar-refractivity contribution is 5.36. The van der Waals surface area contributed by atoms with Crippen molar-refractivity contribution in [1.82, 2.24) is 9.97 Å². The van der Waals surface area contributed by atoms with Crippen LogP contribution in [0.4, 0.5) is 0 Å². The van der Waals surface area contributed by atoms with Gasteiger partial charge >= 0.3 is 0 Å². The van der Waals surface area contributed by atoms with E-state index in [9.17, 15) is 4.79 Å². The van der Waals surface area contributed by atoms with Crippen LogP contribution in [0.5, 0.6) is 0 Å². The molecule has 0 aliphatic rings. The molecule has 0 spiro atoms. The Bertz CT molecular complexity index is 213. The van der Waals surface area contributed by atoms with Gasteiger partial charge in [-0.15, -0.1) is 0 Å². The molecule has 4 nitrogen and oxygen atoms in total. The SMILES string of the molecule is O=COCCc1cnccn1. The second-order valence-corrected chi connectivity index (χ2v) is 1.91. The molecule has 0 saturated carbocycles. The predicted molar refractivity (Wildman–Crippen MR) is 37.8 cm³/mol. The maximum absolute atomic E-state index is 9.74. The molecule has 1 rings (SSSR count). The molecule has 0 radical (unpaired) electrons. The van der Waals surface area contributed by atoms with E-state index in [-0.39, 0.29) is 0 Å². The molecule has 0 atom stereocenters. The zero-order valence-electron chi connectivity index (χ0n) is 5.93. The molecule has 0 bridgehead atoms. The van der Waals surface area contributed by atoms with E-state index in [4.69, 9.17) is 0 Å². The van der Waals surface area contributed by atoms with Crippen molar-refractivity contribution in [2.45, 2.75) is 6.42 Å². The third kappa shape index (κ3) is 2.75. The van der Waals surface area contributed by atoms with Gasteiger partial charge in [0.2, 0.25) is 0 Å². The molecule has 1 heterocycles. The predicted octanol–water partition coefficient (Wildman–Crippen LogP) is 0.192. The van der Waals surface area contributed by atoms with Crippen molar-refractivity contribution in [2.24, 2.45) is 0 Å². The van der Waals surface area contributed by atoms with Gasteiger partial charge in [-0.3, -0.25) is 14.8 Å². The van der Waals surface area contributed by atoms with E-state index in [1.54, 1.807) is 18.6 Å². The van der Waals surface area contributed by atoms with Crippen LogP contribution in [-0.4, -0.2) is 23.0 Å². The molecule has 0 saturated heterocycles.